The number of sulfonamides is 1. The van der Waals surface area contributed by atoms with Crippen molar-refractivity contribution in [2.24, 2.45) is 0 Å². The molecule has 4 nitrogen and oxygen atoms in total. The molecule has 0 saturated carbocycles. The van der Waals surface area contributed by atoms with Crippen LogP contribution in [0.1, 0.15) is 6.92 Å². The molecule has 6 heteroatoms. The van der Waals surface area contributed by atoms with Crippen molar-refractivity contribution in [3.63, 3.8) is 0 Å². The van der Waals surface area contributed by atoms with Crippen molar-refractivity contribution in [3.8, 4) is 5.75 Å². The van der Waals surface area contributed by atoms with Crippen LogP contribution in [-0.2, 0) is 10.0 Å². The Morgan fingerprint density at radius 1 is 1.21 bits per heavy atom. The van der Waals surface area contributed by atoms with Gasteiger partial charge >= 0.3 is 0 Å². The normalized spacial score (nSPS) is 11.1. The SMILES string of the molecule is C=CCN(c1cccc(OCC)c1)S(=O)(=O)c1ccc(SC)cc1. The fourth-order valence-electron chi connectivity index (χ4n) is 2.23. The van der Waals surface area contributed by atoms with Gasteiger partial charge in [-0.1, -0.05) is 12.1 Å². The minimum Gasteiger partial charge on any atom is -0.494 e. The zero-order valence-corrected chi connectivity index (χ0v) is 15.4. The lowest BCUT2D eigenvalue weighted by Gasteiger charge is -2.23. The number of hydrogen-bond acceptors (Lipinski definition) is 4. The number of anilines is 1. The fraction of sp³-hybridized carbons (Fsp3) is 0.222. The zero-order valence-electron chi connectivity index (χ0n) is 13.8. The van der Waals surface area contributed by atoms with Crippen molar-refractivity contribution in [1.82, 2.24) is 0 Å². The van der Waals surface area contributed by atoms with Crippen LogP contribution in [0, 0.1) is 0 Å². The van der Waals surface area contributed by atoms with E-state index in [1.165, 1.54) is 4.31 Å². The van der Waals surface area contributed by atoms with Gasteiger partial charge in [0, 0.05) is 11.0 Å². The Hall–Kier alpha value is -1.92. The van der Waals surface area contributed by atoms with Crippen LogP contribution in [0.3, 0.4) is 0 Å². The van der Waals surface area contributed by atoms with Gasteiger partial charge in [-0.05, 0) is 49.6 Å². The lowest BCUT2D eigenvalue weighted by atomic mass is 10.3. The van der Waals surface area contributed by atoms with Gasteiger partial charge in [0.1, 0.15) is 5.75 Å². The molecule has 0 heterocycles. The van der Waals surface area contributed by atoms with Gasteiger partial charge in [-0.25, -0.2) is 8.42 Å². The number of nitrogens with zero attached hydrogens (tertiary/aromatic N) is 1. The van der Waals surface area contributed by atoms with Gasteiger partial charge < -0.3 is 4.74 Å². The van der Waals surface area contributed by atoms with Crippen LogP contribution >= 0.6 is 11.8 Å². The van der Waals surface area contributed by atoms with Crippen LogP contribution in [0.4, 0.5) is 5.69 Å². The van der Waals surface area contributed by atoms with Gasteiger partial charge in [-0.2, -0.15) is 0 Å². The Kier molecular flexibility index (Phi) is 6.34. The summed E-state index contributed by atoms with van der Waals surface area (Å²) in [6.07, 6.45) is 3.52. The van der Waals surface area contributed by atoms with E-state index in [2.05, 4.69) is 6.58 Å². The standard InChI is InChI=1S/C18H21NO3S2/c1-4-13-19(15-7-6-8-16(14-15)22-5-2)24(20,21)18-11-9-17(23-3)10-12-18/h4,6-12,14H,1,5,13H2,2-3H3. The first-order chi connectivity index (χ1) is 11.5. The molecule has 0 amide bonds. The first-order valence-corrected chi connectivity index (χ1v) is 10.2. The molecule has 0 saturated heterocycles. The molecular weight excluding hydrogens is 342 g/mol. The summed E-state index contributed by atoms with van der Waals surface area (Å²) in [5.74, 6) is 0.636. The second kappa shape index (κ2) is 8.26. The van der Waals surface area contributed by atoms with E-state index in [0.717, 1.165) is 4.90 Å². The molecule has 128 valence electrons. The summed E-state index contributed by atoms with van der Waals surface area (Å²) in [7, 11) is -3.68. The van der Waals surface area contributed by atoms with Crippen LogP contribution in [-0.4, -0.2) is 27.8 Å². The third-order valence-corrected chi connectivity index (χ3v) is 5.91. The van der Waals surface area contributed by atoms with E-state index >= 15 is 0 Å². The van der Waals surface area contributed by atoms with Crippen LogP contribution in [0.15, 0.2) is 71.0 Å². The lowest BCUT2D eigenvalue weighted by Crippen LogP contribution is -2.31. The quantitative estimate of drug-likeness (QED) is 0.521. The molecule has 0 atom stereocenters. The topological polar surface area (TPSA) is 46.6 Å². The molecule has 0 aliphatic rings. The Bertz CT molecular complexity index is 786. The second-order valence-electron chi connectivity index (χ2n) is 4.93. The molecule has 0 fully saturated rings. The van der Waals surface area contributed by atoms with E-state index in [9.17, 15) is 8.42 Å². The molecule has 2 rings (SSSR count). The van der Waals surface area contributed by atoms with E-state index in [4.69, 9.17) is 4.74 Å². The fourth-order valence-corrected chi connectivity index (χ4v) is 4.07. The molecule has 0 aromatic heterocycles. The van der Waals surface area contributed by atoms with Gasteiger partial charge in [0.2, 0.25) is 0 Å². The summed E-state index contributed by atoms with van der Waals surface area (Å²) in [6.45, 7) is 6.27. The minimum atomic E-state index is -3.68. The summed E-state index contributed by atoms with van der Waals surface area (Å²) >= 11 is 1.57. The lowest BCUT2D eigenvalue weighted by molar-refractivity contribution is 0.340. The number of thioether (sulfide) groups is 1. The van der Waals surface area contributed by atoms with Gasteiger partial charge in [-0.15, -0.1) is 18.3 Å². The molecule has 0 N–H and O–H groups in total. The van der Waals surface area contributed by atoms with Gasteiger partial charge in [0.05, 0.1) is 23.7 Å². The number of benzene rings is 2. The van der Waals surface area contributed by atoms with E-state index in [1.54, 1.807) is 66.4 Å². The maximum atomic E-state index is 13.0. The van der Waals surface area contributed by atoms with Crippen LogP contribution in [0.2, 0.25) is 0 Å². The largest absolute Gasteiger partial charge is 0.494 e. The zero-order chi connectivity index (χ0) is 17.6. The number of rotatable bonds is 8. The van der Waals surface area contributed by atoms with Crippen molar-refractivity contribution in [1.29, 1.82) is 0 Å². The predicted molar refractivity (Wildman–Crippen MR) is 101 cm³/mol. The molecule has 0 spiro atoms. The van der Waals surface area contributed by atoms with E-state index in [-0.39, 0.29) is 11.4 Å². The second-order valence-corrected chi connectivity index (χ2v) is 7.67. The highest BCUT2D eigenvalue weighted by Gasteiger charge is 2.24. The molecule has 24 heavy (non-hydrogen) atoms. The Morgan fingerprint density at radius 2 is 1.92 bits per heavy atom. The predicted octanol–water partition coefficient (Wildman–Crippen LogP) is 4.19. The highest BCUT2D eigenvalue weighted by Crippen LogP contribution is 2.28. The molecular formula is C18H21NO3S2. The molecule has 2 aromatic rings. The first kappa shape index (κ1) is 18.4. The van der Waals surface area contributed by atoms with Crippen LogP contribution in [0.25, 0.3) is 0 Å². The average Bonchev–Trinajstić information content (AvgIpc) is 2.60. The first-order valence-electron chi connectivity index (χ1n) is 7.53. The van der Waals surface area contributed by atoms with Gasteiger partial charge in [-0.3, -0.25) is 4.31 Å². The molecule has 0 radical (unpaired) electrons. The molecule has 0 unspecified atom stereocenters. The number of hydrogen-bond donors (Lipinski definition) is 0. The molecule has 0 bridgehead atoms. The van der Waals surface area contributed by atoms with E-state index < -0.39 is 10.0 Å². The van der Waals surface area contributed by atoms with E-state index in [0.29, 0.717) is 18.0 Å². The van der Waals surface area contributed by atoms with Crippen molar-refractivity contribution in [2.45, 2.75) is 16.7 Å². The summed E-state index contributed by atoms with van der Waals surface area (Å²) in [4.78, 5) is 1.27. The summed E-state index contributed by atoms with van der Waals surface area (Å²) in [5, 5.41) is 0. The third kappa shape index (κ3) is 4.13. The van der Waals surface area contributed by atoms with Gasteiger partial charge in [0.15, 0.2) is 0 Å². The summed E-state index contributed by atoms with van der Waals surface area (Å²) in [5.41, 5.74) is 0.551. The average molecular weight is 364 g/mol. The highest BCUT2D eigenvalue weighted by atomic mass is 32.2. The van der Waals surface area contributed by atoms with Crippen molar-refractivity contribution < 1.29 is 13.2 Å². The Balaban J connectivity index is 2.44. The van der Waals surface area contributed by atoms with Crippen LogP contribution < -0.4 is 9.04 Å². The maximum Gasteiger partial charge on any atom is 0.264 e. The van der Waals surface area contributed by atoms with E-state index in [1.807, 2.05) is 13.2 Å². The maximum absolute atomic E-state index is 13.0. The number of ether oxygens (including phenoxy) is 1. The van der Waals surface area contributed by atoms with Crippen molar-refractivity contribution in [2.75, 3.05) is 23.7 Å². The van der Waals surface area contributed by atoms with Crippen molar-refractivity contribution >= 4 is 27.5 Å². The molecule has 2 aromatic carbocycles. The molecule has 0 aliphatic heterocycles. The monoisotopic (exact) mass is 363 g/mol. The minimum absolute atomic E-state index is 0.183. The Labute approximate surface area is 148 Å². The van der Waals surface area contributed by atoms with Crippen LogP contribution in [0.5, 0.6) is 5.75 Å². The summed E-state index contributed by atoms with van der Waals surface area (Å²) in [6, 6.07) is 13.9. The Morgan fingerprint density at radius 3 is 2.50 bits per heavy atom. The third-order valence-electron chi connectivity index (χ3n) is 3.36. The van der Waals surface area contributed by atoms with Crippen molar-refractivity contribution in [3.05, 3.63) is 61.2 Å². The molecule has 0 aliphatic carbocycles. The highest BCUT2D eigenvalue weighted by molar-refractivity contribution is 7.98. The van der Waals surface area contributed by atoms with Gasteiger partial charge in [0.25, 0.3) is 10.0 Å². The summed E-state index contributed by atoms with van der Waals surface area (Å²) < 4.78 is 32.8. The smallest absolute Gasteiger partial charge is 0.264 e.